The Hall–Kier alpha value is -3.53. The molecule has 0 aliphatic heterocycles. The fraction of sp³-hybridized carbons (Fsp3) is 0.304. The fourth-order valence-electron chi connectivity index (χ4n) is 3.98. The Balaban J connectivity index is 1.83. The van der Waals surface area contributed by atoms with Crippen LogP contribution in [-0.2, 0) is 0 Å². The summed E-state index contributed by atoms with van der Waals surface area (Å²) >= 11 is 0. The van der Waals surface area contributed by atoms with Gasteiger partial charge in [-0.05, 0) is 49.3 Å². The SMILES string of the molecule is CCCN(CC)[C@@H](c1ccc2nnc(-c3ccc4ccc(C(=O)O)cc4n3)n2c1)C(F)(F)F. The maximum Gasteiger partial charge on any atom is 0.408 e. The zero-order valence-electron chi connectivity index (χ0n) is 18.0. The monoisotopic (exact) mass is 457 g/mol. The minimum atomic E-state index is -4.46. The predicted octanol–water partition coefficient (Wildman–Crippen LogP) is 4.98. The molecule has 0 aliphatic rings. The number of carbonyl (C=O) groups is 1. The number of carboxylic acids is 1. The normalized spacial score (nSPS) is 13.2. The zero-order chi connectivity index (χ0) is 23.8. The fourth-order valence-corrected chi connectivity index (χ4v) is 3.98. The van der Waals surface area contributed by atoms with Crippen molar-refractivity contribution in [2.24, 2.45) is 0 Å². The minimum absolute atomic E-state index is 0.0836. The van der Waals surface area contributed by atoms with Gasteiger partial charge in [0.2, 0.25) is 0 Å². The lowest BCUT2D eigenvalue weighted by Gasteiger charge is -2.32. The molecule has 4 aromatic rings. The van der Waals surface area contributed by atoms with E-state index in [0.717, 1.165) is 5.39 Å². The van der Waals surface area contributed by atoms with Crippen LogP contribution in [0.4, 0.5) is 13.2 Å². The van der Waals surface area contributed by atoms with Crippen molar-refractivity contribution in [2.45, 2.75) is 32.5 Å². The van der Waals surface area contributed by atoms with Crippen LogP contribution >= 0.6 is 0 Å². The Morgan fingerprint density at radius 2 is 1.88 bits per heavy atom. The summed E-state index contributed by atoms with van der Waals surface area (Å²) in [5, 5.41) is 18.2. The quantitative estimate of drug-likeness (QED) is 0.422. The van der Waals surface area contributed by atoms with E-state index in [1.165, 1.54) is 39.8 Å². The van der Waals surface area contributed by atoms with Crippen molar-refractivity contribution in [3.05, 3.63) is 59.8 Å². The highest BCUT2D eigenvalue weighted by molar-refractivity contribution is 5.93. The van der Waals surface area contributed by atoms with E-state index in [-0.39, 0.29) is 23.5 Å². The average Bonchev–Trinajstić information content (AvgIpc) is 3.20. The summed E-state index contributed by atoms with van der Waals surface area (Å²) in [5.74, 6) is -0.804. The Morgan fingerprint density at radius 1 is 1.12 bits per heavy atom. The first kappa shape index (κ1) is 22.7. The molecule has 0 aliphatic carbocycles. The first-order valence-corrected chi connectivity index (χ1v) is 10.5. The number of aromatic nitrogens is 4. The molecule has 0 bridgehead atoms. The van der Waals surface area contributed by atoms with Gasteiger partial charge >= 0.3 is 12.1 Å². The summed E-state index contributed by atoms with van der Waals surface area (Å²) in [4.78, 5) is 17.2. The second-order valence-electron chi connectivity index (χ2n) is 7.70. The van der Waals surface area contributed by atoms with Crippen molar-refractivity contribution >= 4 is 22.5 Å². The summed E-state index contributed by atoms with van der Waals surface area (Å²) in [6.07, 6.45) is -2.46. The third kappa shape index (κ3) is 4.38. The molecule has 0 radical (unpaired) electrons. The number of nitrogens with zero attached hydrogens (tertiary/aromatic N) is 5. The maximum atomic E-state index is 14.1. The lowest BCUT2D eigenvalue weighted by atomic mass is 10.1. The highest BCUT2D eigenvalue weighted by Gasteiger charge is 2.44. The van der Waals surface area contributed by atoms with Gasteiger partial charge in [0.1, 0.15) is 11.7 Å². The van der Waals surface area contributed by atoms with Crippen molar-refractivity contribution in [1.82, 2.24) is 24.5 Å². The van der Waals surface area contributed by atoms with E-state index in [4.69, 9.17) is 0 Å². The number of aromatic carboxylic acids is 1. The first-order chi connectivity index (χ1) is 15.7. The average molecular weight is 457 g/mol. The Labute approximate surface area is 187 Å². The number of pyridine rings is 2. The van der Waals surface area contributed by atoms with Crippen LogP contribution in [0.1, 0.15) is 42.2 Å². The molecule has 10 heteroatoms. The molecule has 3 heterocycles. The van der Waals surface area contributed by atoms with Crippen molar-refractivity contribution in [3.63, 3.8) is 0 Å². The number of carboxylic acid groups (broad SMARTS) is 1. The van der Waals surface area contributed by atoms with Gasteiger partial charge in [0, 0.05) is 11.6 Å². The van der Waals surface area contributed by atoms with Crippen LogP contribution in [0.25, 0.3) is 28.1 Å². The first-order valence-electron chi connectivity index (χ1n) is 10.5. The van der Waals surface area contributed by atoms with E-state index >= 15 is 0 Å². The third-order valence-corrected chi connectivity index (χ3v) is 5.50. The Morgan fingerprint density at radius 3 is 2.55 bits per heavy atom. The molecule has 7 nitrogen and oxygen atoms in total. The Kier molecular flexibility index (Phi) is 6.03. The van der Waals surface area contributed by atoms with Gasteiger partial charge in [0.25, 0.3) is 0 Å². The van der Waals surface area contributed by atoms with Gasteiger partial charge in [-0.25, -0.2) is 9.78 Å². The molecular formula is C23H22F3N5O2. The van der Waals surface area contributed by atoms with E-state index in [9.17, 15) is 23.1 Å². The molecule has 0 saturated carbocycles. The molecule has 0 fully saturated rings. The van der Waals surface area contributed by atoms with E-state index in [1.807, 2.05) is 6.92 Å². The molecule has 3 aromatic heterocycles. The van der Waals surface area contributed by atoms with E-state index in [1.54, 1.807) is 25.1 Å². The van der Waals surface area contributed by atoms with Crippen LogP contribution < -0.4 is 0 Å². The van der Waals surface area contributed by atoms with Crippen molar-refractivity contribution in [3.8, 4) is 11.5 Å². The summed E-state index contributed by atoms with van der Waals surface area (Å²) in [5.41, 5.74) is 1.37. The minimum Gasteiger partial charge on any atom is -0.478 e. The van der Waals surface area contributed by atoms with Crippen LogP contribution in [0, 0.1) is 0 Å². The molecule has 0 saturated heterocycles. The molecule has 0 amide bonds. The molecule has 0 unspecified atom stereocenters. The van der Waals surface area contributed by atoms with Crippen molar-refractivity contribution < 1.29 is 23.1 Å². The Bertz CT molecular complexity index is 1320. The van der Waals surface area contributed by atoms with Gasteiger partial charge in [-0.15, -0.1) is 10.2 Å². The van der Waals surface area contributed by atoms with Gasteiger partial charge in [0.15, 0.2) is 11.5 Å². The third-order valence-electron chi connectivity index (χ3n) is 5.50. The molecule has 4 rings (SSSR count). The van der Waals surface area contributed by atoms with Crippen LogP contribution in [0.3, 0.4) is 0 Å². The van der Waals surface area contributed by atoms with Gasteiger partial charge in [-0.1, -0.05) is 32.0 Å². The van der Waals surface area contributed by atoms with Gasteiger partial charge in [-0.3, -0.25) is 9.30 Å². The van der Waals surface area contributed by atoms with Gasteiger partial charge in [-0.2, -0.15) is 13.2 Å². The number of alkyl halides is 3. The van der Waals surface area contributed by atoms with E-state index in [2.05, 4.69) is 15.2 Å². The molecule has 0 spiro atoms. The lowest BCUT2D eigenvalue weighted by molar-refractivity contribution is -0.186. The molecule has 172 valence electrons. The number of benzene rings is 1. The van der Waals surface area contributed by atoms with Gasteiger partial charge < -0.3 is 5.11 Å². The second-order valence-corrected chi connectivity index (χ2v) is 7.70. The zero-order valence-corrected chi connectivity index (χ0v) is 18.0. The molecule has 1 aromatic carbocycles. The highest BCUT2D eigenvalue weighted by Crippen LogP contribution is 2.38. The summed E-state index contributed by atoms with van der Waals surface area (Å²) in [6.45, 7) is 4.12. The number of hydrogen-bond acceptors (Lipinski definition) is 5. The summed E-state index contributed by atoms with van der Waals surface area (Å²) in [6, 6.07) is 9.19. The van der Waals surface area contributed by atoms with E-state index < -0.39 is 18.2 Å². The van der Waals surface area contributed by atoms with Crippen molar-refractivity contribution in [2.75, 3.05) is 13.1 Å². The molecule has 33 heavy (non-hydrogen) atoms. The molecule has 1 atom stereocenters. The van der Waals surface area contributed by atoms with Crippen LogP contribution in [-0.4, -0.2) is 54.8 Å². The van der Waals surface area contributed by atoms with E-state index in [0.29, 0.717) is 29.8 Å². The highest BCUT2D eigenvalue weighted by atomic mass is 19.4. The van der Waals surface area contributed by atoms with Crippen LogP contribution in [0.2, 0.25) is 0 Å². The molecular weight excluding hydrogens is 435 g/mol. The number of hydrogen-bond donors (Lipinski definition) is 1. The van der Waals surface area contributed by atoms with Crippen molar-refractivity contribution in [1.29, 1.82) is 0 Å². The number of rotatable bonds is 7. The van der Waals surface area contributed by atoms with Crippen LogP contribution in [0.5, 0.6) is 0 Å². The predicted molar refractivity (Wildman–Crippen MR) is 117 cm³/mol. The lowest BCUT2D eigenvalue weighted by Crippen LogP contribution is -2.39. The molecule has 1 N–H and O–H groups in total. The van der Waals surface area contributed by atoms with Gasteiger partial charge in [0.05, 0.1) is 11.1 Å². The maximum absolute atomic E-state index is 14.1. The summed E-state index contributed by atoms with van der Waals surface area (Å²) in [7, 11) is 0. The summed E-state index contributed by atoms with van der Waals surface area (Å²) < 4.78 is 43.6. The second kappa shape index (κ2) is 8.78. The topological polar surface area (TPSA) is 83.6 Å². The smallest absolute Gasteiger partial charge is 0.408 e. The number of fused-ring (bicyclic) bond motifs is 2. The number of halogens is 3. The van der Waals surface area contributed by atoms with Crippen LogP contribution in [0.15, 0.2) is 48.7 Å². The standard InChI is InChI=1S/C23H22F3N5O2/c1-3-11-30(4-2)20(23(24,25)26)16-8-10-19-28-29-21(31(19)13-16)17-9-7-14-5-6-15(22(32)33)12-18(14)27-17/h5-10,12-13,20H,3-4,11H2,1-2H3,(H,32,33)/t20-/m0/s1. The largest absolute Gasteiger partial charge is 0.478 e.